The van der Waals surface area contributed by atoms with E-state index in [1.165, 1.54) is 4.90 Å². The first-order valence-electron chi connectivity index (χ1n) is 3.29. The van der Waals surface area contributed by atoms with Crippen molar-refractivity contribution in [3.63, 3.8) is 0 Å². The highest BCUT2D eigenvalue weighted by Gasteiger charge is 2.34. The maximum Gasteiger partial charge on any atom is 0.258 e. The fourth-order valence-corrected chi connectivity index (χ4v) is 1.04. The first-order valence-corrected chi connectivity index (χ1v) is 3.29. The van der Waals surface area contributed by atoms with Gasteiger partial charge in [0.1, 0.15) is 0 Å². The third-order valence-corrected chi connectivity index (χ3v) is 1.84. The van der Waals surface area contributed by atoms with Crippen LogP contribution in [0.5, 0.6) is 0 Å². The first kappa shape index (κ1) is 6.93. The number of quaternary nitrogens is 1. The number of hydrogen-bond acceptors (Lipinski definition) is 0. The minimum absolute atomic E-state index is 0.0683. The molecule has 3 heteroatoms. The van der Waals surface area contributed by atoms with Gasteiger partial charge in [0.2, 0.25) is 0 Å². The molecule has 1 nitrogen and oxygen atoms in total. The molecule has 0 atom stereocenters. The van der Waals surface area contributed by atoms with E-state index >= 15 is 0 Å². The van der Waals surface area contributed by atoms with Crippen LogP contribution in [0.1, 0.15) is 12.8 Å². The summed E-state index contributed by atoms with van der Waals surface area (Å²) >= 11 is 0. The van der Waals surface area contributed by atoms with Gasteiger partial charge < -0.3 is 4.90 Å². The van der Waals surface area contributed by atoms with Crippen molar-refractivity contribution in [1.29, 1.82) is 0 Å². The second kappa shape index (κ2) is 2.21. The van der Waals surface area contributed by atoms with Gasteiger partial charge in [-0.1, -0.05) is 0 Å². The van der Waals surface area contributed by atoms with E-state index in [1.54, 1.807) is 0 Å². The Balaban J connectivity index is 2.35. The lowest BCUT2D eigenvalue weighted by Crippen LogP contribution is -3.10. The second-order valence-electron chi connectivity index (χ2n) is 2.81. The van der Waals surface area contributed by atoms with E-state index < -0.39 is 5.92 Å². The zero-order valence-corrected chi connectivity index (χ0v) is 5.58. The van der Waals surface area contributed by atoms with Gasteiger partial charge in [-0.3, -0.25) is 0 Å². The standard InChI is InChI=1S/C6H11F2N/c1-9-4-2-6(7,8)3-5-9/h2-5H2,1H3/p+1. The molecule has 1 aliphatic rings. The van der Waals surface area contributed by atoms with E-state index in [0.717, 1.165) is 0 Å². The van der Waals surface area contributed by atoms with Gasteiger partial charge in [0.15, 0.2) is 0 Å². The van der Waals surface area contributed by atoms with E-state index in [9.17, 15) is 8.78 Å². The van der Waals surface area contributed by atoms with Crippen LogP contribution in [0.3, 0.4) is 0 Å². The summed E-state index contributed by atoms with van der Waals surface area (Å²) in [5.74, 6) is -2.36. The number of nitrogens with one attached hydrogen (secondary N) is 1. The number of hydrogen-bond donors (Lipinski definition) is 1. The lowest BCUT2D eigenvalue weighted by atomic mass is 10.1. The Morgan fingerprint density at radius 3 is 2.00 bits per heavy atom. The van der Waals surface area contributed by atoms with Crippen molar-refractivity contribution in [1.82, 2.24) is 0 Å². The van der Waals surface area contributed by atoms with Crippen molar-refractivity contribution < 1.29 is 13.7 Å². The number of alkyl halides is 2. The zero-order chi connectivity index (χ0) is 6.91. The van der Waals surface area contributed by atoms with E-state index in [-0.39, 0.29) is 12.8 Å². The number of likely N-dealkylation sites (tertiary alicyclic amines) is 1. The Hall–Kier alpha value is -0.180. The Bertz CT molecular complexity index is 93.2. The maximum atomic E-state index is 12.4. The molecule has 1 heterocycles. The van der Waals surface area contributed by atoms with Crippen molar-refractivity contribution in [2.24, 2.45) is 0 Å². The predicted molar refractivity (Wildman–Crippen MR) is 30.8 cm³/mol. The molecule has 0 amide bonds. The molecule has 9 heavy (non-hydrogen) atoms. The largest absolute Gasteiger partial charge is 0.337 e. The molecule has 1 rings (SSSR count). The lowest BCUT2D eigenvalue weighted by Gasteiger charge is -2.25. The summed E-state index contributed by atoms with van der Waals surface area (Å²) in [4.78, 5) is 1.22. The minimum atomic E-state index is -2.36. The van der Waals surface area contributed by atoms with Gasteiger partial charge in [0, 0.05) is 0 Å². The molecule has 0 aromatic heterocycles. The van der Waals surface area contributed by atoms with Crippen molar-refractivity contribution in [3.05, 3.63) is 0 Å². The highest BCUT2D eigenvalue weighted by Crippen LogP contribution is 2.22. The summed E-state index contributed by atoms with van der Waals surface area (Å²) in [6.07, 6.45) is 0.137. The molecule has 0 aromatic carbocycles. The fourth-order valence-electron chi connectivity index (χ4n) is 1.04. The number of rotatable bonds is 0. The monoisotopic (exact) mass is 136 g/mol. The zero-order valence-electron chi connectivity index (χ0n) is 5.58. The Morgan fingerprint density at radius 1 is 1.22 bits per heavy atom. The third-order valence-electron chi connectivity index (χ3n) is 1.84. The topological polar surface area (TPSA) is 4.44 Å². The Morgan fingerprint density at radius 2 is 1.67 bits per heavy atom. The molecule has 1 aliphatic heterocycles. The molecule has 0 spiro atoms. The van der Waals surface area contributed by atoms with Crippen molar-refractivity contribution in [2.45, 2.75) is 18.8 Å². The summed E-state index contributed by atoms with van der Waals surface area (Å²) in [6.45, 7) is 1.24. The third kappa shape index (κ3) is 1.90. The molecule has 1 fully saturated rings. The summed E-state index contributed by atoms with van der Waals surface area (Å²) in [5, 5.41) is 0. The van der Waals surface area contributed by atoms with Crippen LogP contribution in [0.15, 0.2) is 0 Å². The SMILES string of the molecule is C[NH+]1CCC(F)(F)CC1. The average molecular weight is 136 g/mol. The molecule has 0 saturated carbocycles. The van der Waals surface area contributed by atoms with Crippen LogP contribution < -0.4 is 4.90 Å². The van der Waals surface area contributed by atoms with Gasteiger partial charge in [0.25, 0.3) is 5.92 Å². The van der Waals surface area contributed by atoms with E-state index in [4.69, 9.17) is 0 Å². The molecule has 0 unspecified atom stereocenters. The van der Waals surface area contributed by atoms with Gasteiger partial charge in [-0.2, -0.15) is 0 Å². The number of piperidine rings is 1. The first-order chi connectivity index (χ1) is 4.10. The van der Waals surface area contributed by atoms with E-state index in [2.05, 4.69) is 0 Å². The Labute approximate surface area is 53.6 Å². The van der Waals surface area contributed by atoms with Crippen molar-refractivity contribution in [2.75, 3.05) is 20.1 Å². The Kier molecular flexibility index (Phi) is 1.70. The van der Waals surface area contributed by atoms with Gasteiger partial charge in [0.05, 0.1) is 33.0 Å². The maximum absolute atomic E-state index is 12.4. The predicted octanol–water partition coefficient (Wildman–Crippen LogP) is -0.0698. The van der Waals surface area contributed by atoms with E-state index in [0.29, 0.717) is 13.1 Å². The van der Waals surface area contributed by atoms with Crippen LogP contribution in [0, 0.1) is 0 Å². The van der Waals surface area contributed by atoms with Crippen LogP contribution in [0.25, 0.3) is 0 Å². The summed E-state index contributed by atoms with van der Waals surface area (Å²) in [5.41, 5.74) is 0. The lowest BCUT2D eigenvalue weighted by molar-refractivity contribution is -0.887. The van der Waals surface area contributed by atoms with Gasteiger partial charge in [-0.05, 0) is 0 Å². The minimum Gasteiger partial charge on any atom is -0.337 e. The molecule has 1 saturated heterocycles. The van der Waals surface area contributed by atoms with Crippen molar-refractivity contribution in [3.8, 4) is 0 Å². The quantitative estimate of drug-likeness (QED) is 0.475. The van der Waals surface area contributed by atoms with E-state index in [1.807, 2.05) is 7.05 Å². The average Bonchev–Trinajstić information content (AvgIpc) is 1.78. The highest BCUT2D eigenvalue weighted by molar-refractivity contribution is 4.67. The van der Waals surface area contributed by atoms with Gasteiger partial charge >= 0.3 is 0 Å². The molecular weight excluding hydrogens is 124 g/mol. The molecule has 0 aliphatic carbocycles. The van der Waals surface area contributed by atoms with Crippen LogP contribution in [-0.2, 0) is 0 Å². The number of halogens is 2. The van der Waals surface area contributed by atoms with Crippen molar-refractivity contribution >= 4 is 0 Å². The molecule has 0 aromatic rings. The normalized spacial score (nSPS) is 28.3. The second-order valence-corrected chi connectivity index (χ2v) is 2.81. The van der Waals surface area contributed by atoms with Crippen LogP contribution in [0.2, 0.25) is 0 Å². The van der Waals surface area contributed by atoms with Crippen LogP contribution >= 0.6 is 0 Å². The van der Waals surface area contributed by atoms with Gasteiger partial charge in [-0.15, -0.1) is 0 Å². The summed E-state index contributed by atoms with van der Waals surface area (Å²) in [6, 6.07) is 0. The van der Waals surface area contributed by atoms with Crippen LogP contribution in [-0.4, -0.2) is 26.1 Å². The molecule has 0 radical (unpaired) electrons. The molecular formula is C6H12F2N+. The van der Waals surface area contributed by atoms with Gasteiger partial charge in [-0.25, -0.2) is 8.78 Å². The van der Waals surface area contributed by atoms with Crippen LogP contribution in [0.4, 0.5) is 8.78 Å². The highest BCUT2D eigenvalue weighted by atomic mass is 19.3. The smallest absolute Gasteiger partial charge is 0.258 e. The fraction of sp³-hybridized carbons (Fsp3) is 1.00. The summed E-state index contributed by atoms with van der Waals surface area (Å²) < 4.78 is 24.7. The molecule has 1 N–H and O–H groups in total. The molecule has 0 bridgehead atoms. The summed E-state index contributed by atoms with van der Waals surface area (Å²) in [7, 11) is 1.95. The molecule has 54 valence electrons.